The standard InChI is InChI=1S/C10H16N4O/c1-2-10(4-3-5-10)7-11-9(15)8-6-12-14-13-8/h6H,2-5,7H2,1H3,(H,11,15)(H,12,13,14). The molecule has 5 heteroatoms. The second-order valence-corrected chi connectivity index (χ2v) is 4.25. The molecule has 1 saturated carbocycles. The van der Waals surface area contributed by atoms with E-state index in [0.29, 0.717) is 11.1 Å². The lowest BCUT2D eigenvalue weighted by atomic mass is 9.67. The summed E-state index contributed by atoms with van der Waals surface area (Å²) in [5.41, 5.74) is 0.708. The third kappa shape index (κ3) is 2.00. The van der Waals surface area contributed by atoms with Crippen LogP contribution in [0.5, 0.6) is 0 Å². The molecular weight excluding hydrogens is 192 g/mol. The lowest BCUT2D eigenvalue weighted by Gasteiger charge is -2.41. The van der Waals surface area contributed by atoms with E-state index in [-0.39, 0.29) is 5.91 Å². The number of amides is 1. The number of carbonyl (C=O) groups excluding carboxylic acids is 1. The van der Waals surface area contributed by atoms with Gasteiger partial charge in [-0.3, -0.25) is 4.79 Å². The molecule has 0 bridgehead atoms. The van der Waals surface area contributed by atoms with E-state index in [1.54, 1.807) is 0 Å². The first-order valence-corrected chi connectivity index (χ1v) is 5.40. The summed E-state index contributed by atoms with van der Waals surface area (Å²) in [6, 6.07) is 0. The van der Waals surface area contributed by atoms with Gasteiger partial charge in [0.2, 0.25) is 0 Å². The number of nitrogens with zero attached hydrogens (tertiary/aromatic N) is 2. The molecule has 15 heavy (non-hydrogen) atoms. The number of rotatable bonds is 4. The van der Waals surface area contributed by atoms with Crippen LogP contribution in [-0.4, -0.2) is 27.9 Å². The highest BCUT2D eigenvalue weighted by atomic mass is 16.1. The Bertz CT molecular complexity index is 324. The summed E-state index contributed by atoms with van der Waals surface area (Å²) in [5.74, 6) is -0.136. The average Bonchev–Trinajstić information content (AvgIpc) is 2.69. The summed E-state index contributed by atoms with van der Waals surface area (Å²) in [5, 5.41) is 12.7. The highest BCUT2D eigenvalue weighted by Gasteiger charge is 2.35. The van der Waals surface area contributed by atoms with Gasteiger partial charge in [-0.05, 0) is 24.7 Å². The SMILES string of the molecule is CCC1(CNC(=O)c2cn[nH]n2)CCC1. The fourth-order valence-electron chi connectivity index (χ4n) is 2.00. The van der Waals surface area contributed by atoms with E-state index in [9.17, 15) is 4.79 Å². The van der Waals surface area contributed by atoms with Crippen LogP contribution in [0.4, 0.5) is 0 Å². The Hall–Kier alpha value is -1.39. The molecule has 5 nitrogen and oxygen atoms in total. The van der Waals surface area contributed by atoms with Crippen LogP contribution >= 0.6 is 0 Å². The Kier molecular flexibility index (Phi) is 2.70. The molecule has 1 aliphatic rings. The Morgan fingerprint density at radius 1 is 1.67 bits per heavy atom. The van der Waals surface area contributed by atoms with Gasteiger partial charge in [0.1, 0.15) is 0 Å². The number of hydrogen-bond donors (Lipinski definition) is 2. The maximum absolute atomic E-state index is 11.6. The van der Waals surface area contributed by atoms with Crippen molar-refractivity contribution >= 4 is 5.91 Å². The van der Waals surface area contributed by atoms with Crippen LogP contribution in [0.1, 0.15) is 43.1 Å². The van der Waals surface area contributed by atoms with E-state index in [1.807, 2.05) is 0 Å². The predicted octanol–water partition coefficient (Wildman–Crippen LogP) is 1.11. The van der Waals surface area contributed by atoms with Crippen molar-refractivity contribution in [3.63, 3.8) is 0 Å². The topological polar surface area (TPSA) is 70.7 Å². The van der Waals surface area contributed by atoms with Gasteiger partial charge >= 0.3 is 0 Å². The van der Waals surface area contributed by atoms with E-state index < -0.39 is 0 Å². The summed E-state index contributed by atoms with van der Waals surface area (Å²) in [6.45, 7) is 2.94. The van der Waals surface area contributed by atoms with Gasteiger partial charge in [0.05, 0.1) is 6.20 Å². The highest BCUT2D eigenvalue weighted by molar-refractivity contribution is 5.91. The first-order chi connectivity index (χ1) is 7.26. The molecule has 82 valence electrons. The number of hydrogen-bond acceptors (Lipinski definition) is 3. The van der Waals surface area contributed by atoms with Crippen molar-refractivity contribution in [3.05, 3.63) is 11.9 Å². The van der Waals surface area contributed by atoms with Gasteiger partial charge < -0.3 is 5.32 Å². The van der Waals surface area contributed by atoms with Crippen LogP contribution in [0.25, 0.3) is 0 Å². The third-order valence-corrected chi connectivity index (χ3v) is 3.44. The fraction of sp³-hybridized carbons (Fsp3) is 0.700. The first-order valence-electron chi connectivity index (χ1n) is 5.40. The average molecular weight is 208 g/mol. The minimum atomic E-state index is -0.136. The summed E-state index contributed by atoms with van der Waals surface area (Å²) in [4.78, 5) is 11.6. The monoisotopic (exact) mass is 208 g/mol. The number of nitrogens with one attached hydrogen (secondary N) is 2. The molecule has 0 atom stereocenters. The molecule has 1 amide bonds. The molecule has 1 aromatic rings. The highest BCUT2D eigenvalue weighted by Crippen LogP contribution is 2.42. The second-order valence-electron chi connectivity index (χ2n) is 4.25. The third-order valence-electron chi connectivity index (χ3n) is 3.44. The van der Waals surface area contributed by atoms with E-state index in [4.69, 9.17) is 0 Å². The largest absolute Gasteiger partial charge is 0.350 e. The van der Waals surface area contributed by atoms with Gasteiger partial charge in [-0.25, -0.2) is 0 Å². The Morgan fingerprint density at radius 3 is 2.93 bits per heavy atom. The Balaban J connectivity index is 1.85. The number of carbonyl (C=O) groups is 1. The number of aromatic amines is 1. The summed E-state index contributed by atoms with van der Waals surface area (Å²) in [7, 11) is 0. The minimum absolute atomic E-state index is 0.136. The molecule has 0 aliphatic heterocycles. The second kappa shape index (κ2) is 4.00. The van der Waals surface area contributed by atoms with Gasteiger partial charge in [0.25, 0.3) is 5.91 Å². The van der Waals surface area contributed by atoms with E-state index >= 15 is 0 Å². The van der Waals surface area contributed by atoms with Crippen molar-refractivity contribution in [1.29, 1.82) is 0 Å². The van der Waals surface area contributed by atoms with Gasteiger partial charge in [0.15, 0.2) is 5.69 Å². The molecule has 1 aromatic heterocycles. The van der Waals surface area contributed by atoms with Crippen LogP contribution in [-0.2, 0) is 0 Å². The maximum atomic E-state index is 11.6. The molecular formula is C10H16N4O. The van der Waals surface area contributed by atoms with Crippen LogP contribution in [0, 0.1) is 5.41 Å². The van der Waals surface area contributed by atoms with Crippen molar-refractivity contribution in [2.24, 2.45) is 5.41 Å². The normalized spacial score (nSPS) is 18.2. The fourth-order valence-corrected chi connectivity index (χ4v) is 2.00. The Labute approximate surface area is 88.6 Å². The zero-order valence-corrected chi connectivity index (χ0v) is 8.92. The predicted molar refractivity (Wildman–Crippen MR) is 55.3 cm³/mol. The molecule has 0 radical (unpaired) electrons. The zero-order valence-electron chi connectivity index (χ0n) is 8.92. The van der Waals surface area contributed by atoms with Crippen LogP contribution in [0.2, 0.25) is 0 Å². The molecule has 0 aromatic carbocycles. The lowest BCUT2D eigenvalue weighted by molar-refractivity contribution is 0.0845. The summed E-state index contributed by atoms with van der Waals surface area (Å²) in [6.07, 6.45) is 6.31. The number of aromatic nitrogens is 3. The minimum Gasteiger partial charge on any atom is -0.350 e. The summed E-state index contributed by atoms with van der Waals surface area (Å²) < 4.78 is 0. The van der Waals surface area contributed by atoms with Crippen molar-refractivity contribution < 1.29 is 4.79 Å². The zero-order chi connectivity index (χ0) is 10.7. The smallest absolute Gasteiger partial charge is 0.273 e. The van der Waals surface area contributed by atoms with Crippen LogP contribution in [0.15, 0.2) is 6.20 Å². The van der Waals surface area contributed by atoms with E-state index in [2.05, 4.69) is 27.7 Å². The van der Waals surface area contributed by atoms with Crippen molar-refractivity contribution in [2.75, 3.05) is 6.54 Å². The quantitative estimate of drug-likeness (QED) is 0.778. The van der Waals surface area contributed by atoms with Crippen LogP contribution in [0.3, 0.4) is 0 Å². The number of H-pyrrole nitrogens is 1. The van der Waals surface area contributed by atoms with Crippen molar-refractivity contribution in [3.8, 4) is 0 Å². The lowest BCUT2D eigenvalue weighted by Crippen LogP contribution is -2.41. The maximum Gasteiger partial charge on any atom is 0.273 e. The summed E-state index contributed by atoms with van der Waals surface area (Å²) >= 11 is 0. The molecule has 1 aliphatic carbocycles. The van der Waals surface area contributed by atoms with E-state index in [0.717, 1.165) is 13.0 Å². The first kappa shape index (κ1) is 10.1. The van der Waals surface area contributed by atoms with Gasteiger partial charge in [0, 0.05) is 6.54 Å². The molecule has 0 spiro atoms. The molecule has 0 saturated heterocycles. The van der Waals surface area contributed by atoms with E-state index in [1.165, 1.54) is 25.5 Å². The van der Waals surface area contributed by atoms with Crippen molar-refractivity contribution in [2.45, 2.75) is 32.6 Å². The van der Waals surface area contributed by atoms with Gasteiger partial charge in [-0.2, -0.15) is 15.4 Å². The molecule has 1 heterocycles. The van der Waals surface area contributed by atoms with Crippen LogP contribution < -0.4 is 5.32 Å². The molecule has 0 unspecified atom stereocenters. The van der Waals surface area contributed by atoms with Gasteiger partial charge in [-0.1, -0.05) is 13.3 Å². The molecule has 2 rings (SSSR count). The van der Waals surface area contributed by atoms with Gasteiger partial charge in [-0.15, -0.1) is 0 Å². The van der Waals surface area contributed by atoms with Crippen molar-refractivity contribution in [1.82, 2.24) is 20.7 Å². The molecule has 2 N–H and O–H groups in total. The Morgan fingerprint density at radius 2 is 2.47 bits per heavy atom. The molecule has 1 fully saturated rings.